The number of amides is 2. The summed E-state index contributed by atoms with van der Waals surface area (Å²) < 4.78 is 28.0. The van der Waals surface area contributed by atoms with Crippen LogP contribution in [0.2, 0.25) is 0 Å². The highest BCUT2D eigenvalue weighted by Gasteiger charge is 2.42. The van der Waals surface area contributed by atoms with Gasteiger partial charge in [-0.25, -0.2) is 18.5 Å². The average Bonchev–Trinajstić information content (AvgIpc) is 2.95. The van der Waals surface area contributed by atoms with Crippen LogP contribution in [-0.2, 0) is 26.0 Å². The summed E-state index contributed by atoms with van der Waals surface area (Å²) in [5.41, 5.74) is 1.44. The van der Waals surface area contributed by atoms with Gasteiger partial charge in [-0.05, 0) is 36.8 Å². The molecular formula is C20H24N3O5S+. The van der Waals surface area contributed by atoms with E-state index in [-0.39, 0.29) is 23.1 Å². The maximum atomic E-state index is 12.7. The van der Waals surface area contributed by atoms with Gasteiger partial charge in [0.05, 0.1) is 30.2 Å². The third-order valence-electron chi connectivity index (χ3n) is 4.70. The number of carbonyl (C=O) groups is 2. The van der Waals surface area contributed by atoms with Gasteiger partial charge in [-0.3, -0.25) is 9.59 Å². The van der Waals surface area contributed by atoms with Crippen LogP contribution < -0.4 is 20.1 Å². The zero-order chi connectivity index (χ0) is 21.0. The number of anilines is 1. The number of hydrogen-bond donors (Lipinski definition) is 2. The molecule has 0 saturated carbocycles. The first-order chi connectivity index (χ1) is 13.8. The largest absolute Gasteiger partial charge is 0.494 e. The molecule has 1 heterocycles. The minimum Gasteiger partial charge on any atom is -0.494 e. The summed E-state index contributed by atoms with van der Waals surface area (Å²) in [5, 5.41) is 6.94. The summed E-state index contributed by atoms with van der Waals surface area (Å²) in [7, 11) is -3.71. The van der Waals surface area contributed by atoms with Crippen LogP contribution in [0.25, 0.3) is 0 Å². The molecular weight excluding hydrogens is 394 g/mol. The second-order valence-corrected chi connectivity index (χ2v) is 8.33. The number of nitrogens with zero attached hydrogens (tertiary/aromatic N) is 1. The Morgan fingerprint density at radius 2 is 1.90 bits per heavy atom. The highest BCUT2D eigenvalue weighted by molar-refractivity contribution is 7.89. The molecule has 8 nitrogen and oxygen atoms in total. The highest BCUT2D eigenvalue weighted by Crippen LogP contribution is 2.25. The number of imide groups is 1. The van der Waals surface area contributed by atoms with Crippen molar-refractivity contribution in [2.45, 2.75) is 30.7 Å². The van der Waals surface area contributed by atoms with Gasteiger partial charge in [-0.15, -0.1) is 0 Å². The van der Waals surface area contributed by atoms with E-state index in [1.165, 1.54) is 17.0 Å². The summed E-state index contributed by atoms with van der Waals surface area (Å²) in [6.07, 6.45) is 0.769. The minimum absolute atomic E-state index is 0.0618. The molecule has 0 spiro atoms. The minimum atomic E-state index is -3.71. The number of hydrogen-bond acceptors (Lipinski definition) is 5. The smallest absolute Gasteiger partial charge is 0.292 e. The van der Waals surface area contributed by atoms with Gasteiger partial charge < -0.3 is 10.1 Å². The van der Waals surface area contributed by atoms with Crippen LogP contribution in [0.5, 0.6) is 5.75 Å². The van der Waals surface area contributed by atoms with Gasteiger partial charge in [0.2, 0.25) is 15.9 Å². The fourth-order valence-corrected chi connectivity index (χ4v) is 3.80. The van der Waals surface area contributed by atoms with Crippen molar-refractivity contribution in [1.82, 2.24) is 0 Å². The van der Waals surface area contributed by atoms with Gasteiger partial charge >= 0.3 is 0 Å². The van der Waals surface area contributed by atoms with Gasteiger partial charge in [0.15, 0.2) is 6.04 Å². The lowest BCUT2D eigenvalue weighted by molar-refractivity contribution is -0.674. The van der Waals surface area contributed by atoms with Crippen molar-refractivity contribution in [2.24, 2.45) is 5.14 Å². The Labute approximate surface area is 169 Å². The summed E-state index contributed by atoms with van der Waals surface area (Å²) in [6, 6.07) is 12.8. The molecule has 1 aliphatic heterocycles. The second-order valence-electron chi connectivity index (χ2n) is 6.77. The molecule has 1 fully saturated rings. The fraction of sp³-hybridized carbons (Fsp3) is 0.300. The standard InChI is InChI=1S/C20H23N3O5S/c1-2-28-16-5-3-4-15(12-16)23-19(24)13-18(20(23)25)22-11-10-14-6-8-17(9-7-14)29(21,26)27/h3-9,12,18,22H,2,10-11,13H2,1H3,(H2,21,26,27)/p+1/t18-/m0/s1. The van der Waals surface area contributed by atoms with Crippen LogP contribution in [0, 0.1) is 0 Å². The first-order valence-corrected chi connectivity index (χ1v) is 10.9. The van der Waals surface area contributed by atoms with E-state index in [1.54, 1.807) is 36.4 Å². The molecule has 2 aromatic rings. The van der Waals surface area contributed by atoms with Crippen molar-refractivity contribution in [1.29, 1.82) is 0 Å². The first kappa shape index (κ1) is 21.0. The van der Waals surface area contributed by atoms with E-state index in [2.05, 4.69) is 0 Å². The lowest BCUT2D eigenvalue weighted by Crippen LogP contribution is -2.92. The molecule has 0 aliphatic carbocycles. The van der Waals surface area contributed by atoms with E-state index in [4.69, 9.17) is 9.88 Å². The van der Waals surface area contributed by atoms with E-state index in [1.807, 2.05) is 12.2 Å². The maximum absolute atomic E-state index is 12.7. The summed E-state index contributed by atoms with van der Waals surface area (Å²) >= 11 is 0. The Balaban J connectivity index is 1.59. The number of benzene rings is 2. The Hall–Kier alpha value is -2.75. The topological polar surface area (TPSA) is 123 Å². The molecule has 29 heavy (non-hydrogen) atoms. The van der Waals surface area contributed by atoms with Crippen molar-refractivity contribution < 1.29 is 28.1 Å². The Morgan fingerprint density at radius 1 is 1.17 bits per heavy atom. The summed E-state index contributed by atoms with van der Waals surface area (Å²) in [6.45, 7) is 2.96. The molecule has 0 aromatic heterocycles. The molecule has 9 heteroatoms. The third kappa shape index (κ3) is 5.00. The van der Waals surface area contributed by atoms with E-state index in [9.17, 15) is 18.0 Å². The maximum Gasteiger partial charge on any atom is 0.292 e. The highest BCUT2D eigenvalue weighted by atomic mass is 32.2. The lowest BCUT2D eigenvalue weighted by atomic mass is 10.1. The predicted octanol–water partition coefficient (Wildman–Crippen LogP) is 0.171. The van der Waals surface area contributed by atoms with Gasteiger partial charge in [0.25, 0.3) is 5.91 Å². The van der Waals surface area contributed by atoms with Crippen molar-refractivity contribution in [3.63, 3.8) is 0 Å². The van der Waals surface area contributed by atoms with Crippen molar-refractivity contribution in [2.75, 3.05) is 18.1 Å². The van der Waals surface area contributed by atoms with Crippen molar-refractivity contribution in [3.8, 4) is 5.75 Å². The number of primary sulfonamides is 1. The SMILES string of the molecule is CCOc1cccc(N2C(=O)C[C@H]([NH2+]CCc3ccc(S(N)(=O)=O)cc3)C2=O)c1. The Morgan fingerprint density at radius 3 is 2.55 bits per heavy atom. The van der Waals surface area contributed by atoms with Crippen LogP contribution >= 0.6 is 0 Å². The molecule has 1 saturated heterocycles. The molecule has 154 valence electrons. The number of rotatable bonds is 8. The third-order valence-corrected chi connectivity index (χ3v) is 5.63. The van der Waals surface area contributed by atoms with E-state index < -0.39 is 16.1 Å². The summed E-state index contributed by atoms with van der Waals surface area (Å²) in [5.74, 6) is 0.136. The molecule has 0 bridgehead atoms. The monoisotopic (exact) mass is 418 g/mol. The number of nitrogens with two attached hydrogens (primary N) is 2. The average molecular weight is 418 g/mol. The number of sulfonamides is 1. The molecule has 4 N–H and O–H groups in total. The van der Waals surface area contributed by atoms with E-state index in [0.29, 0.717) is 31.0 Å². The molecule has 1 atom stereocenters. The van der Waals surface area contributed by atoms with Crippen LogP contribution in [0.4, 0.5) is 5.69 Å². The van der Waals surface area contributed by atoms with Crippen LogP contribution in [0.15, 0.2) is 53.4 Å². The zero-order valence-electron chi connectivity index (χ0n) is 16.1. The predicted molar refractivity (Wildman–Crippen MR) is 107 cm³/mol. The normalized spacial score (nSPS) is 17.0. The van der Waals surface area contributed by atoms with Crippen LogP contribution in [0.1, 0.15) is 18.9 Å². The first-order valence-electron chi connectivity index (χ1n) is 9.34. The lowest BCUT2D eigenvalue weighted by Gasteiger charge is -2.15. The fourth-order valence-electron chi connectivity index (χ4n) is 3.29. The number of ether oxygens (including phenoxy) is 1. The van der Waals surface area contributed by atoms with Gasteiger partial charge in [-0.1, -0.05) is 18.2 Å². The van der Waals surface area contributed by atoms with Gasteiger partial charge in [-0.2, -0.15) is 0 Å². The van der Waals surface area contributed by atoms with Crippen LogP contribution in [-0.4, -0.2) is 39.4 Å². The Bertz CT molecular complexity index is 1010. The second kappa shape index (κ2) is 8.73. The number of quaternary nitrogens is 1. The van der Waals surface area contributed by atoms with Crippen molar-refractivity contribution >= 4 is 27.5 Å². The number of carbonyl (C=O) groups excluding carboxylic acids is 2. The summed E-state index contributed by atoms with van der Waals surface area (Å²) in [4.78, 5) is 26.4. The molecule has 0 radical (unpaired) electrons. The molecule has 1 aliphatic rings. The molecule has 3 rings (SSSR count). The molecule has 2 aromatic carbocycles. The zero-order valence-corrected chi connectivity index (χ0v) is 16.9. The Kier molecular flexibility index (Phi) is 6.31. The molecule has 0 unspecified atom stereocenters. The van der Waals surface area contributed by atoms with Crippen LogP contribution in [0.3, 0.4) is 0 Å². The van der Waals surface area contributed by atoms with Gasteiger partial charge in [0.1, 0.15) is 5.75 Å². The van der Waals surface area contributed by atoms with Gasteiger partial charge in [0, 0.05) is 12.5 Å². The van der Waals surface area contributed by atoms with E-state index in [0.717, 1.165) is 5.56 Å². The quantitative estimate of drug-likeness (QED) is 0.592. The van der Waals surface area contributed by atoms with E-state index >= 15 is 0 Å². The molecule has 2 amide bonds. The van der Waals surface area contributed by atoms with Crippen molar-refractivity contribution in [3.05, 3.63) is 54.1 Å².